The SMILES string of the molecule is COc1cc(OC)c2cc(C(=O)Nc3cc(Cl)ccc3OCC3CCCO3)[nH]c2c1OC. The highest BCUT2D eigenvalue weighted by atomic mass is 35.5. The molecule has 1 atom stereocenters. The van der Waals surface area contributed by atoms with Gasteiger partial charge in [-0.25, -0.2) is 0 Å². The third-order valence-corrected chi connectivity index (χ3v) is 5.56. The Kier molecular flexibility index (Phi) is 6.62. The van der Waals surface area contributed by atoms with E-state index in [4.69, 9.17) is 35.3 Å². The van der Waals surface area contributed by atoms with Crippen LogP contribution in [0.2, 0.25) is 5.02 Å². The second-order valence-corrected chi connectivity index (χ2v) is 7.76. The number of aromatic nitrogens is 1. The third kappa shape index (κ3) is 4.42. The number of nitrogens with one attached hydrogen (secondary N) is 2. The van der Waals surface area contributed by atoms with Crippen molar-refractivity contribution < 1.29 is 28.5 Å². The van der Waals surface area contributed by atoms with Crippen LogP contribution < -0.4 is 24.3 Å². The number of methoxy groups -OCH3 is 3. The smallest absolute Gasteiger partial charge is 0.272 e. The van der Waals surface area contributed by atoms with E-state index in [9.17, 15) is 4.79 Å². The van der Waals surface area contributed by atoms with E-state index in [1.54, 1.807) is 37.4 Å². The molecule has 1 unspecified atom stereocenters. The van der Waals surface area contributed by atoms with Gasteiger partial charge >= 0.3 is 0 Å². The first-order valence-corrected chi connectivity index (χ1v) is 10.6. The van der Waals surface area contributed by atoms with Gasteiger partial charge in [0.2, 0.25) is 0 Å². The maximum Gasteiger partial charge on any atom is 0.272 e. The van der Waals surface area contributed by atoms with Crippen molar-refractivity contribution in [2.45, 2.75) is 18.9 Å². The van der Waals surface area contributed by atoms with Gasteiger partial charge in [0.05, 0.1) is 38.6 Å². The maximum atomic E-state index is 13.1. The summed E-state index contributed by atoms with van der Waals surface area (Å²) >= 11 is 6.16. The second kappa shape index (κ2) is 9.58. The van der Waals surface area contributed by atoms with Crippen molar-refractivity contribution in [3.8, 4) is 23.0 Å². The lowest BCUT2D eigenvalue weighted by Gasteiger charge is -2.15. The van der Waals surface area contributed by atoms with Crippen LogP contribution in [0.3, 0.4) is 0 Å². The van der Waals surface area contributed by atoms with Crippen LogP contribution >= 0.6 is 11.6 Å². The molecule has 1 saturated heterocycles. The monoisotopic (exact) mass is 460 g/mol. The Morgan fingerprint density at radius 2 is 1.94 bits per heavy atom. The fourth-order valence-corrected chi connectivity index (χ4v) is 3.91. The molecule has 2 N–H and O–H groups in total. The van der Waals surface area contributed by atoms with E-state index in [1.807, 2.05) is 0 Å². The second-order valence-electron chi connectivity index (χ2n) is 7.33. The van der Waals surface area contributed by atoms with Gasteiger partial charge in [-0.2, -0.15) is 0 Å². The molecular weight excluding hydrogens is 436 g/mol. The van der Waals surface area contributed by atoms with E-state index >= 15 is 0 Å². The lowest BCUT2D eigenvalue weighted by molar-refractivity contribution is 0.0682. The van der Waals surface area contributed by atoms with Crippen molar-refractivity contribution in [2.24, 2.45) is 0 Å². The van der Waals surface area contributed by atoms with Crippen LogP contribution in [0.1, 0.15) is 23.3 Å². The van der Waals surface area contributed by atoms with E-state index in [1.165, 1.54) is 14.2 Å². The van der Waals surface area contributed by atoms with E-state index in [2.05, 4.69) is 10.3 Å². The highest BCUT2D eigenvalue weighted by Gasteiger charge is 2.21. The van der Waals surface area contributed by atoms with E-state index < -0.39 is 0 Å². The summed E-state index contributed by atoms with van der Waals surface area (Å²) in [6.45, 7) is 1.15. The Labute approximate surface area is 190 Å². The molecule has 2 aromatic carbocycles. The van der Waals surface area contributed by atoms with Crippen LogP contribution in [-0.2, 0) is 4.74 Å². The van der Waals surface area contributed by atoms with E-state index in [-0.39, 0.29) is 12.0 Å². The molecule has 170 valence electrons. The number of carbonyl (C=O) groups is 1. The van der Waals surface area contributed by atoms with E-state index in [0.29, 0.717) is 56.9 Å². The third-order valence-electron chi connectivity index (χ3n) is 5.32. The molecule has 0 spiro atoms. The molecule has 0 radical (unpaired) electrons. The fourth-order valence-electron chi connectivity index (χ4n) is 3.73. The molecular formula is C23H25ClN2O6. The lowest BCUT2D eigenvalue weighted by atomic mass is 10.2. The summed E-state index contributed by atoms with van der Waals surface area (Å²) in [4.78, 5) is 16.2. The van der Waals surface area contributed by atoms with Gasteiger partial charge in [0.25, 0.3) is 5.91 Å². The highest BCUT2D eigenvalue weighted by Crippen LogP contribution is 2.41. The van der Waals surface area contributed by atoms with Crippen LogP contribution in [-0.4, -0.2) is 51.5 Å². The van der Waals surface area contributed by atoms with Crippen LogP contribution in [0.15, 0.2) is 30.3 Å². The number of ether oxygens (including phenoxy) is 5. The van der Waals surface area contributed by atoms with Crippen LogP contribution in [0, 0.1) is 0 Å². The van der Waals surface area contributed by atoms with Crippen LogP contribution in [0.4, 0.5) is 5.69 Å². The van der Waals surface area contributed by atoms with Crippen LogP contribution in [0.5, 0.6) is 23.0 Å². The normalized spacial score (nSPS) is 15.6. The van der Waals surface area contributed by atoms with Crippen molar-refractivity contribution in [2.75, 3.05) is 39.9 Å². The molecule has 0 aliphatic carbocycles. The van der Waals surface area contributed by atoms with Crippen molar-refractivity contribution >= 4 is 34.1 Å². The number of anilines is 1. The molecule has 9 heteroatoms. The lowest BCUT2D eigenvalue weighted by Crippen LogP contribution is -2.18. The largest absolute Gasteiger partial charge is 0.496 e. The quantitative estimate of drug-likeness (QED) is 0.508. The number of hydrogen-bond donors (Lipinski definition) is 2. The Morgan fingerprint density at radius 1 is 1.12 bits per heavy atom. The first-order valence-electron chi connectivity index (χ1n) is 10.2. The number of H-pyrrole nitrogens is 1. The first kappa shape index (κ1) is 22.1. The molecule has 0 saturated carbocycles. The van der Waals surface area contributed by atoms with Gasteiger partial charge in [-0.15, -0.1) is 0 Å². The van der Waals surface area contributed by atoms with Gasteiger partial charge in [0.1, 0.15) is 23.8 Å². The zero-order chi connectivity index (χ0) is 22.7. The Bertz CT molecular complexity index is 1120. The minimum Gasteiger partial charge on any atom is -0.496 e. The Hall–Kier alpha value is -3.10. The zero-order valence-corrected chi connectivity index (χ0v) is 18.9. The molecule has 4 rings (SSSR count). The summed E-state index contributed by atoms with van der Waals surface area (Å²) < 4.78 is 27.8. The van der Waals surface area contributed by atoms with Crippen molar-refractivity contribution in [1.82, 2.24) is 4.98 Å². The topological polar surface area (TPSA) is 91.0 Å². The highest BCUT2D eigenvalue weighted by molar-refractivity contribution is 6.31. The number of rotatable bonds is 8. The molecule has 2 heterocycles. The zero-order valence-electron chi connectivity index (χ0n) is 18.1. The molecule has 1 fully saturated rings. The molecule has 8 nitrogen and oxygen atoms in total. The Balaban J connectivity index is 1.62. The standard InChI is InChI=1S/C23H25ClN2O6/c1-28-19-11-20(29-2)22(30-3)21-15(19)10-17(25-21)23(27)26-16-9-13(24)6-7-18(16)32-12-14-5-4-8-31-14/h6-7,9-11,14,25H,4-5,8,12H2,1-3H3,(H,26,27). The van der Waals surface area contributed by atoms with Gasteiger partial charge in [0.15, 0.2) is 11.5 Å². The molecule has 1 aliphatic heterocycles. The minimum atomic E-state index is -0.367. The maximum absolute atomic E-state index is 13.1. The van der Waals surface area contributed by atoms with Crippen LogP contribution in [0.25, 0.3) is 10.9 Å². The van der Waals surface area contributed by atoms with Gasteiger partial charge in [0, 0.05) is 23.1 Å². The minimum absolute atomic E-state index is 0.0536. The number of halogens is 1. The van der Waals surface area contributed by atoms with Crippen molar-refractivity contribution in [3.63, 3.8) is 0 Å². The number of aromatic amines is 1. The molecule has 1 amide bonds. The molecule has 1 aliphatic rings. The number of amides is 1. The van der Waals surface area contributed by atoms with Gasteiger partial charge in [-0.1, -0.05) is 11.6 Å². The average molecular weight is 461 g/mol. The number of benzene rings is 2. The summed E-state index contributed by atoms with van der Waals surface area (Å²) in [5.74, 6) is 1.67. The van der Waals surface area contributed by atoms with E-state index in [0.717, 1.165) is 19.4 Å². The molecule has 1 aromatic heterocycles. The Morgan fingerprint density at radius 3 is 2.62 bits per heavy atom. The average Bonchev–Trinajstić information content (AvgIpc) is 3.47. The predicted octanol–water partition coefficient (Wildman–Crippen LogP) is 4.66. The summed E-state index contributed by atoms with van der Waals surface area (Å²) in [5, 5.41) is 4.05. The predicted molar refractivity (Wildman–Crippen MR) is 122 cm³/mol. The van der Waals surface area contributed by atoms with Crippen molar-refractivity contribution in [1.29, 1.82) is 0 Å². The van der Waals surface area contributed by atoms with Crippen molar-refractivity contribution in [3.05, 3.63) is 41.0 Å². The van der Waals surface area contributed by atoms with Gasteiger partial charge in [-0.05, 0) is 37.1 Å². The fraction of sp³-hybridized carbons (Fsp3) is 0.348. The summed E-state index contributed by atoms with van der Waals surface area (Å²) in [7, 11) is 4.63. The summed E-state index contributed by atoms with van der Waals surface area (Å²) in [6.07, 6.45) is 2.03. The number of hydrogen-bond acceptors (Lipinski definition) is 6. The summed E-state index contributed by atoms with van der Waals surface area (Å²) in [6, 6.07) is 8.51. The van der Waals surface area contributed by atoms with Gasteiger partial charge < -0.3 is 34.0 Å². The number of fused-ring (bicyclic) bond motifs is 1. The first-order chi connectivity index (χ1) is 15.5. The summed E-state index contributed by atoms with van der Waals surface area (Å²) in [5.41, 5.74) is 1.38. The van der Waals surface area contributed by atoms with Gasteiger partial charge in [-0.3, -0.25) is 4.79 Å². The molecule has 32 heavy (non-hydrogen) atoms. The molecule has 3 aromatic rings. The number of carbonyl (C=O) groups excluding carboxylic acids is 1. The molecule has 0 bridgehead atoms.